The number of hydrogen-bond donors (Lipinski definition) is 1. The first-order valence-corrected chi connectivity index (χ1v) is 10.3. The van der Waals surface area contributed by atoms with Crippen molar-refractivity contribution in [3.63, 3.8) is 0 Å². The molecule has 0 spiro atoms. The van der Waals surface area contributed by atoms with Gasteiger partial charge in [0.25, 0.3) is 0 Å². The molecule has 1 aromatic rings. The predicted molar refractivity (Wildman–Crippen MR) is 122 cm³/mol. The number of guanidine groups is 1. The maximum atomic E-state index is 14.1. The molecule has 0 radical (unpaired) electrons. The van der Waals surface area contributed by atoms with E-state index in [1.807, 2.05) is 0 Å². The number of nitrogens with one attached hydrogen (secondary N) is 1. The molecule has 1 aliphatic carbocycles. The summed E-state index contributed by atoms with van der Waals surface area (Å²) in [4.78, 5) is 7.85. The molecule has 1 aromatic carbocycles. The van der Waals surface area contributed by atoms with Gasteiger partial charge in [0.1, 0.15) is 5.82 Å². The Morgan fingerprint density at radius 3 is 2.70 bits per heavy atom. The molecule has 0 bridgehead atoms. The van der Waals surface area contributed by atoms with Crippen molar-refractivity contribution >= 4 is 41.5 Å². The Balaban J connectivity index is 0.00000320. The van der Waals surface area contributed by atoms with Gasteiger partial charge in [-0.3, -0.25) is 9.89 Å². The summed E-state index contributed by atoms with van der Waals surface area (Å²) in [6.07, 6.45) is -2.59. The largest absolute Gasteiger partial charge is 0.401 e. The van der Waals surface area contributed by atoms with E-state index in [1.165, 1.54) is 11.0 Å². The minimum Gasteiger partial charge on any atom is -0.353 e. The fourth-order valence-corrected chi connectivity index (χ4v) is 4.40. The summed E-state index contributed by atoms with van der Waals surface area (Å²) in [6.45, 7) is 3.06. The minimum atomic E-state index is -4.18. The molecule has 30 heavy (non-hydrogen) atoms. The van der Waals surface area contributed by atoms with Gasteiger partial charge in [-0.2, -0.15) is 13.2 Å². The predicted octanol–water partition coefficient (Wildman–Crippen LogP) is 4.73. The number of alkyl halides is 3. The van der Waals surface area contributed by atoms with E-state index < -0.39 is 12.7 Å². The second-order valence-corrected chi connectivity index (χ2v) is 8.23. The summed E-state index contributed by atoms with van der Waals surface area (Å²) in [6, 6.07) is 4.75. The summed E-state index contributed by atoms with van der Waals surface area (Å²) in [5, 5.41) is 3.80. The third-order valence-corrected chi connectivity index (χ3v) is 5.97. The highest BCUT2D eigenvalue weighted by Crippen LogP contribution is 2.45. The van der Waals surface area contributed by atoms with E-state index in [1.54, 1.807) is 26.1 Å². The summed E-state index contributed by atoms with van der Waals surface area (Å²) < 4.78 is 52.2. The van der Waals surface area contributed by atoms with Gasteiger partial charge in [-0.25, -0.2) is 4.39 Å². The van der Waals surface area contributed by atoms with Crippen molar-refractivity contribution in [2.75, 3.05) is 39.8 Å². The van der Waals surface area contributed by atoms with Crippen molar-refractivity contribution < 1.29 is 17.6 Å². The SMILES string of the molecule is CCN(CC1CCN(C(=NC)NC2CC2c2c(F)cccc2Cl)C1)CC(F)(F)F.I. The van der Waals surface area contributed by atoms with Gasteiger partial charge < -0.3 is 10.2 Å². The van der Waals surface area contributed by atoms with Crippen LogP contribution in [0.15, 0.2) is 23.2 Å². The number of rotatable bonds is 6. The van der Waals surface area contributed by atoms with Crippen LogP contribution in [0.25, 0.3) is 0 Å². The molecule has 1 saturated carbocycles. The van der Waals surface area contributed by atoms with Gasteiger partial charge in [-0.15, -0.1) is 24.0 Å². The van der Waals surface area contributed by atoms with Crippen molar-refractivity contribution in [3.8, 4) is 0 Å². The molecule has 3 unspecified atom stereocenters. The lowest BCUT2D eigenvalue weighted by atomic mass is 10.1. The Bertz CT molecular complexity index is 726. The van der Waals surface area contributed by atoms with E-state index in [0.717, 1.165) is 19.4 Å². The van der Waals surface area contributed by atoms with Gasteiger partial charge in [0.15, 0.2) is 5.96 Å². The molecular weight excluding hydrogens is 535 g/mol. The lowest BCUT2D eigenvalue weighted by molar-refractivity contribution is -0.146. The maximum absolute atomic E-state index is 14.1. The van der Waals surface area contributed by atoms with Crippen LogP contribution in [-0.4, -0.2) is 67.7 Å². The van der Waals surface area contributed by atoms with Gasteiger partial charge in [0.05, 0.1) is 6.54 Å². The lowest BCUT2D eigenvalue weighted by Gasteiger charge is -2.26. The molecule has 2 aliphatic rings. The zero-order chi connectivity index (χ0) is 21.2. The molecule has 1 heterocycles. The van der Waals surface area contributed by atoms with Crippen LogP contribution in [0.5, 0.6) is 0 Å². The molecule has 0 amide bonds. The standard InChI is InChI=1S/C20H27ClF4N4.HI/c1-3-28(12-20(23,24)25)10-13-7-8-29(11-13)19(26-2)27-17-9-14(17)18-15(21)5-4-6-16(18)22;/h4-6,13-14,17H,3,7-12H2,1-2H3,(H,26,27);1H. The molecule has 1 saturated heterocycles. The number of nitrogens with zero attached hydrogens (tertiary/aromatic N) is 3. The molecule has 3 atom stereocenters. The number of benzene rings is 1. The van der Waals surface area contributed by atoms with Crippen molar-refractivity contribution in [2.45, 2.75) is 37.9 Å². The Hall–Kier alpha value is -0.810. The molecule has 3 rings (SSSR count). The third-order valence-electron chi connectivity index (χ3n) is 5.64. The van der Waals surface area contributed by atoms with Crippen LogP contribution in [0, 0.1) is 11.7 Å². The normalized spacial score (nSPS) is 24.2. The van der Waals surface area contributed by atoms with Gasteiger partial charge in [-0.05, 0) is 37.4 Å². The van der Waals surface area contributed by atoms with Crippen LogP contribution in [0.1, 0.15) is 31.2 Å². The summed E-state index contributed by atoms with van der Waals surface area (Å²) in [5.74, 6) is 0.576. The van der Waals surface area contributed by atoms with Crippen LogP contribution < -0.4 is 5.32 Å². The van der Waals surface area contributed by atoms with Crippen molar-refractivity contribution in [3.05, 3.63) is 34.6 Å². The van der Waals surface area contributed by atoms with Crippen molar-refractivity contribution in [1.29, 1.82) is 0 Å². The Labute approximate surface area is 197 Å². The van der Waals surface area contributed by atoms with Crippen LogP contribution >= 0.6 is 35.6 Å². The second kappa shape index (κ2) is 10.7. The van der Waals surface area contributed by atoms with Gasteiger partial charge in [0.2, 0.25) is 0 Å². The van der Waals surface area contributed by atoms with Gasteiger partial charge in [0, 0.05) is 49.2 Å². The minimum absolute atomic E-state index is 0. The van der Waals surface area contributed by atoms with Crippen LogP contribution in [0.3, 0.4) is 0 Å². The van der Waals surface area contributed by atoms with Gasteiger partial charge in [-0.1, -0.05) is 24.6 Å². The number of aliphatic imine (C=N–C) groups is 1. The highest BCUT2D eigenvalue weighted by Gasteiger charge is 2.43. The quantitative estimate of drug-likeness (QED) is 0.235. The highest BCUT2D eigenvalue weighted by molar-refractivity contribution is 14.0. The average Bonchev–Trinajstić information content (AvgIpc) is 3.23. The van der Waals surface area contributed by atoms with Crippen LogP contribution in [0.4, 0.5) is 17.6 Å². The molecule has 1 N–H and O–H groups in total. The fourth-order valence-electron chi connectivity index (χ4n) is 4.10. The smallest absolute Gasteiger partial charge is 0.353 e. The van der Waals surface area contributed by atoms with E-state index in [4.69, 9.17) is 11.6 Å². The topological polar surface area (TPSA) is 30.9 Å². The molecule has 10 heteroatoms. The monoisotopic (exact) mass is 562 g/mol. The maximum Gasteiger partial charge on any atom is 0.401 e. The molecule has 0 aromatic heterocycles. The summed E-state index contributed by atoms with van der Waals surface area (Å²) >= 11 is 6.16. The fraction of sp³-hybridized carbons (Fsp3) is 0.650. The van der Waals surface area contributed by atoms with E-state index in [2.05, 4.69) is 15.2 Å². The highest BCUT2D eigenvalue weighted by atomic mass is 127. The Morgan fingerprint density at radius 1 is 1.37 bits per heavy atom. The summed E-state index contributed by atoms with van der Waals surface area (Å²) in [7, 11) is 1.69. The van der Waals surface area contributed by atoms with E-state index in [-0.39, 0.29) is 47.7 Å². The van der Waals surface area contributed by atoms with Crippen LogP contribution in [-0.2, 0) is 0 Å². The van der Waals surface area contributed by atoms with E-state index >= 15 is 0 Å². The summed E-state index contributed by atoms with van der Waals surface area (Å²) in [5.41, 5.74) is 0.534. The van der Waals surface area contributed by atoms with Crippen molar-refractivity contribution in [2.24, 2.45) is 10.9 Å². The molecule has 4 nitrogen and oxygen atoms in total. The first-order chi connectivity index (χ1) is 13.7. The first-order valence-electron chi connectivity index (χ1n) is 9.93. The number of halogens is 6. The molecular formula is C20H28ClF4IN4. The zero-order valence-electron chi connectivity index (χ0n) is 17.1. The first kappa shape index (κ1) is 25.5. The van der Waals surface area contributed by atoms with Gasteiger partial charge >= 0.3 is 6.18 Å². The third kappa shape index (κ3) is 6.59. The van der Waals surface area contributed by atoms with E-state index in [0.29, 0.717) is 36.2 Å². The molecule has 1 aliphatic heterocycles. The zero-order valence-corrected chi connectivity index (χ0v) is 20.1. The van der Waals surface area contributed by atoms with E-state index in [9.17, 15) is 17.6 Å². The Morgan fingerprint density at radius 2 is 2.10 bits per heavy atom. The Kier molecular flexibility index (Phi) is 9.05. The average molecular weight is 563 g/mol. The molecule has 170 valence electrons. The molecule has 2 fully saturated rings. The second-order valence-electron chi connectivity index (χ2n) is 7.82. The van der Waals surface area contributed by atoms with Crippen LogP contribution in [0.2, 0.25) is 5.02 Å². The number of likely N-dealkylation sites (tertiary alicyclic amines) is 1. The lowest BCUT2D eigenvalue weighted by Crippen LogP contribution is -2.42. The van der Waals surface area contributed by atoms with Crippen molar-refractivity contribution in [1.82, 2.24) is 15.1 Å². The number of hydrogen-bond acceptors (Lipinski definition) is 2.